The molecule has 164 valence electrons. The van der Waals surface area contributed by atoms with Crippen LogP contribution in [0.3, 0.4) is 0 Å². The second-order valence-corrected chi connectivity index (χ2v) is 8.00. The highest BCUT2D eigenvalue weighted by Gasteiger charge is 2.24. The van der Waals surface area contributed by atoms with E-state index in [4.69, 9.17) is 0 Å². The van der Waals surface area contributed by atoms with E-state index in [0.29, 0.717) is 38.3 Å². The quantitative estimate of drug-likeness (QED) is 0.731. The maximum absolute atomic E-state index is 13.4. The second kappa shape index (κ2) is 9.28. The van der Waals surface area contributed by atoms with E-state index >= 15 is 0 Å². The SMILES string of the molecule is CN1CCN(c2cc(N3CCCN(C(=O)Cc4cccc(F)c4)CC3)ncn2)CC1=O. The van der Waals surface area contributed by atoms with Crippen LogP contribution in [0.4, 0.5) is 16.0 Å². The predicted molar refractivity (Wildman–Crippen MR) is 115 cm³/mol. The molecule has 0 unspecified atom stereocenters. The normalized spacial score (nSPS) is 17.7. The molecule has 0 bridgehead atoms. The molecule has 0 spiro atoms. The zero-order chi connectivity index (χ0) is 21.8. The van der Waals surface area contributed by atoms with Crippen molar-refractivity contribution < 1.29 is 14.0 Å². The van der Waals surface area contributed by atoms with Crippen LogP contribution in [0, 0.1) is 5.82 Å². The van der Waals surface area contributed by atoms with E-state index in [1.165, 1.54) is 18.5 Å². The molecule has 31 heavy (non-hydrogen) atoms. The molecular weight excluding hydrogens is 399 g/mol. The number of rotatable bonds is 4. The Labute approximate surface area is 181 Å². The minimum atomic E-state index is -0.325. The van der Waals surface area contributed by atoms with Crippen molar-refractivity contribution in [2.45, 2.75) is 12.8 Å². The van der Waals surface area contributed by atoms with Crippen LogP contribution in [-0.4, -0.2) is 84.4 Å². The van der Waals surface area contributed by atoms with Gasteiger partial charge in [0.05, 0.1) is 13.0 Å². The summed E-state index contributed by atoms with van der Waals surface area (Å²) in [6.45, 7) is 4.41. The first-order chi connectivity index (χ1) is 15.0. The molecule has 4 rings (SSSR count). The first-order valence-electron chi connectivity index (χ1n) is 10.6. The van der Waals surface area contributed by atoms with Crippen molar-refractivity contribution in [1.82, 2.24) is 19.8 Å². The van der Waals surface area contributed by atoms with Crippen LogP contribution in [-0.2, 0) is 16.0 Å². The van der Waals surface area contributed by atoms with E-state index in [0.717, 1.165) is 31.1 Å². The number of benzene rings is 1. The standard InChI is InChI=1S/C22H27FN6O2/c1-26-8-9-29(15-22(26)31)20-14-19(24-16-25-20)27-6-3-7-28(11-10-27)21(30)13-17-4-2-5-18(23)12-17/h2,4-5,12,14,16H,3,6-11,13,15H2,1H3. The fourth-order valence-electron chi connectivity index (χ4n) is 3.97. The highest BCUT2D eigenvalue weighted by atomic mass is 19.1. The van der Waals surface area contributed by atoms with Gasteiger partial charge in [-0.25, -0.2) is 14.4 Å². The Bertz CT molecular complexity index is 955. The first-order valence-corrected chi connectivity index (χ1v) is 10.6. The van der Waals surface area contributed by atoms with Crippen molar-refractivity contribution in [3.63, 3.8) is 0 Å². The highest BCUT2D eigenvalue weighted by Crippen LogP contribution is 2.20. The van der Waals surface area contributed by atoms with Gasteiger partial charge in [0.1, 0.15) is 23.8 Å². The molecule has 0 N–H and O–H groups in total. The summed E-state index contributed by atoms with van der Waals surface area (Å²) in [4.78, 5) is 41.2. The van der Waals surface area contributed by atoms with Crippen molar-refractivity contribution in [3.05, 3.63) is 48.0 Å². The van der Waals surface area contributed by atoms with Crippen LogP contribution in [0.15, 0.2) is 36.7 Å². The van der Waals surface area contributed by atoms with Gasteiger partial charge in [-0.1, -0.05) is 12.1 Å². The molecule has 2 saturated heterocycles. The number of nitrogens with zero attached hydrogens (tertiary/aromatic N) is 6. The van der Waals surface area contributed by atoms with Crippen molar-refractivity contribution in [2.24, 2.45) is 0 Å². The van der Waals surface area contributed by atoms with Crippen LogP contribution in [0.5, 0.6) is 0 Å². The molecule has 2 aromatic rings. The fourth-order valence-corrected chi connectivity index (χ4v) is 3.97. The number of piperazine rings is 1. The lowest BCUT2D eigenvalue weighted by molar-refractivity contribution is -0.130. The van der Waals surface area contributed by atoms with Gasteiger partial charge in [0, 0.05) is 52.4 Å². The van der Waals surface area contributed by atoms with Crippen molar-refractivity contribution in [2.75, 3.05) is 62.7 Å². The topological polar surface area (TPSA) is 72.9 Å². The van der Waals surface area contributed by atoms with Gasteiger partial charge in [-0.3, -0.25) is 9.59 Å². The number of aromatic nitrogens is 2. The van der Waals surface area contributed by atoms with Crippen LogP contribution >= 0.6 is 0 Å². The third-order valence-electron chi connectivity index (χ3n) is 5.84. The number of likely N-dealkylation sites (N-methyl/N-ethyl adjacent to an activating group) is 1. The van der Waals surface area contributed by atoms with Crippen molar-refractivity contribution >= 4 is 23.5 Å². The van der Waals surface area contributed by atoms with Crippen LogP contribution in [0.2, 0.25) is 0 Å². The maximum atomic E-state index is 13.4. The van der Waals surface area contributed by atoms with Gasteiger partial charge >= 0.3 is 0 Å². The van der Waals surface area contributed by atoms with Crippen molar-refractivity contribution in [3.8, 4) is 0 Å². The molecule has 2 amide bonds. The molecule has 3 heterocycles. The molecule has 0 atom stereocenters. The smallest absolute Gasteiger partial charge is 0.241 e. The summed E-state index contributed by atoms with van der Waals surface area (Å²) < 4.78 is 13.4. The van der Waals surface area contributed by atoms with Gasteiger partial charge in [0.25, 0.3) is 0 Å². The molecule has 9 heteroatoms. The van der Waals surface area contributed by atoms with E-state index in [9.17, 15) is 14.0 Å². The monoisotopic (exact) mass is 426 g/mol. The lowest BCUT2D eigenvalue weighted by Gasteiger charge is -2.33. The number of hydrogen-bond acceptors (Lipinski definition) is 6. The number of anilines is 2. The summed E-state index contributed by atoms with van der Waals surface area (Å²) in [6, 6.07) is 8.11. The molecule has 0 aliphatic carbocycles. The molecule has 2 aliphatic rings. The molecular formula is C22H27FN6O2. The summed E-state index contributed by atoms with van der Waals surface area (Å²) in [5.74, 6) is 1.31. The van der Waals surface area contributed by atoms with Gasteiger partial charge in [0.2, 0.25) is 11.8 Å². The second-order valence-electron chi connectivity index (χ2n) is 8.00. The molecule has 1 aromatic carbocycles. The Morgan fingerprint density at radius 3 is 2.55 bits per heavy atom. The summed E-state index contributed by atoms with van der Waals surface area (Å²) >= 11 is 0. The molecule has 1 aromatic heterocycles. The number of hydrogen-bond donors (Lipinski definition) is 0. The van der Waals surface area contributed by atoms with E-state index in [2.05, 4.69) is 14.9 Å². The van der Waals surface area contributed by atoms with E-state index < -0.39 is 0 Å². The lowest BCUT2D eigenvalue weighted by Crippen LogP contribution is -2.48. The fraction of sp³-hybridized carbons (Fsp3) is 0.455. The molecule has 0 radical (unpaired) electrons. The summed E-state index contributed by atoms with van der Waals surface area (Å²) in [5.41, 5.74) is 0.688. The number of carbonyl (C=O) groups excluding carboxylic acids is 2. The van der Waals surface area contributed by atoms with Gasteiger partial charge in [0.15, 0.2) is 0 Å². The van der Waals surface area contributed by atoms with Crippen LogP contribution < -0.4 is 9.80 Å². The third-order valence-corrected chi connectivity index (χ3v) is 5.84. The molecule has 8 nitrogen and oxygen atoms in total. The van der Waals surface area contributed by atoms with Gasteiger partial charge < -0.3 is 19.6 Å². The Morgan fingerprint density at radius 1 is 1.00 bits per heavy atom. The van der Waals surface area contributed by atoms with Crippen LogP contribution in [0.25, 0.3) is 0 Å². The van der Waals surface area contributed by atoms with Gasteiger partial charge in [-0.15, -0.1) is 0 Å². The zero-order valence-electron chi connectivity index (χ0n) is 17.7. The molecule has 2 fully saturated rings. The van der Waals surface area contributed by atoms with E-state index in [1.54, 1.807) is 17.0 Å². The van der Waals surface area contributed by atoms with Crippen molar-refractivity contribution in [1.29, 1.82) is 0 Å². The molecule has 0 saturated carbocycles. The Hall–Kier alpha value is -3.23. The summed E-state index contributed by atoms with van der Waals surface area (Å²) in [6.07, 6.45) is 2.55. The van der Waals surface area contributed by atoms with Crippen LogP contribution in [0.1, 0.15) is 12.0 Å². The number of carbonyl (C=O) groups is 2. The first kappa shape index (κ1) is 21.0. The largest absolute Gasteiger partial charge is 0.355 e. The summed E-state index contributed by atoms with van der Waals surface area (Å²) in [5, 5.41) is 0. The minimum Gasteiger partial charge on any atom is -0.355 e. The van der Waals surface area contributed by atoms with Gasteiger partial charge in [-0.2, -0.15) is 0 Å². The Balaban J connectivity index is 1.38. The Kier molecular flexibility index (Phi) is 6.29. The maximum Gasteiger partial charge on any atom is 0.241 e. The van der Waals surface area contributed by atoms with E-state index in [-0.39, 0.29) is 24.1 Å². The minimum absolute atomic E-state index is 0.00627. The number of amides is 2. The Morgan fingerprint density at radius 2 is 1.77 bits per heavy atom. The average Bonchev–Trinajstić information content (AvgIpc) is 3.02. The lowest BCUT2D eigenvalue weighted by atomic mass is 10.1. The molecule has 2 aliphatic heterocycles. The zero-order valence-corrected chi connectivity index (χ0v) is 17.7. The van der Waals surface area contributed by atoms with Gasteiger partial charge in [-0.05, 0) is 24.1 Å². The number of halogens is 1. The predicted octanol–water partition coefficient (Wildman–Crippen LogP) is 1.18. The highest BCUT2D eigenvalue weighted by molar-refractivity contribution is 5.82. The average molecular weight is 426 g/mol. The van der Waals surface area contributed by atoms with E-state index in [1.807, 2.05) is 22.9 Å². The third kappa shape index (κ3) is 5.10. The summed E-state index contributed by atoms with van der Waals surface area (Å²) in [7, 11) is 1.81.